The van der Waals surface area contributed by atoms with Crippen LogP contribution in [0.2, 0.25) is 5.02 Å². The zero-order valence-electron chi connectivity index (χ0n) is 14.5. The Hall–Kier alpha value is -1.82. The smallest absolute Gasteiger partial charge is 0.387 e. The minimum absolute atomic E-state index is 0.110. The molecule has 0 saturated carbocycles. The molecule has 1 aliphatic rings. The Labute approximate surface area is 159 Å². The molecule has 2 nitrogen and oxygen atoms in total. The van der Waals surface area contributed by atoms with E-state index >= 15 is 0 Å². The van der Waals surface area contributed by atoms with Gasteiger partial charge in [-0.15, -0.1) is 0 Å². The van der Waals surface area contributed by atoms with Crippen LogP contribution in [0.4, 0.5) is 13.2 Å². The molecule has 0 aliphatic carbocycles. The Kier molecular flexibility index (Phi) is 4.78. The fourth-order valence-corrected chi connectivity index (χ4v) is 4.13. The summed E-state index contributed by atoms with van der Waals surface area (Å²) in [5.41, 5.74) is -0.0680. The SMILES string of the molecule is O[C@H](c1cc2cc(Cl)ccc2c2cc(C(F)(F)F)ccc12)[C@H]1CCCCN1. The Bertz CT molecular complexity index is 996. The fourth-order valence-electron chi connectivity index (χ4n) is 3.95. The van der Waals surface area contributed by atoms with Crippen LogP contribution in [0.15, 0.2) is 42.5 Å². The van der Waals surface area contributed by atoms with Crippen LogP contribution in [-0.4, -0.2) is 17.7 Å². The summed E-state index contributed by atoms with van der Waals surface area (Å²) < 4.78 is 39.7. The number of aliphatic hydroxyl groups is 1. The molecular weight excluding hydrogens is 375 g/mol. The molecule has 4 rings (SSSR count). The number of rotatable bonds is 2. The normalized spacial score (nSPS) is 19.5. The maximum absolute atomic E-state index is 13.2. The summed E-state index contributed by atoms with van der Waals surface area (Å²) in [5, 5.41) is 17.3. The second-order valence-electron chi connectivity index (χ2n) is 7.09. The van der Waals surface area contributed by atoms with E-state index in [0.717, 1.165) is 43.3 Å². The minimum Gasteiger partial charge on any atom is -0.387 e. The number of alkyl halides is 3. The van der Waals surface area contributed by atoms with Crippen molar-refractivity contribution in [1.29, 1.82) is 0 Å². The van der Waals surface area contributed by atoms with E-state index in [1.54, 1.807) is 18.2 Å². The first kappa shape index (κ1) is 18.5. The van der Waals surface area contributed by atoms with Gasteiger partial charge in [0.1, 0.15) is 0 Å². The first-order chi connectivity index (χ1) is 12.8. The third-order valence-electron chi connectivity index (χ3n) is 5.32. The van der Waals surface area contributed by atoms with Crippen LogP contribution in [0.25, 0.3) is 21.5 Å². The maximum Gasteiger partial charge on any atom is 0.416 e. The highest BCUT2D eigenvalue weighted by atomic mass is 35.5. The third kappa shape index (κ3) is 3.51. The van der Waals surface area contributed by atoms with E-state index in [4.69, 9.17) is 11.6 Å². The van der Waals surface area contributed by atoms with Gasteiger partial charge < -0.3 is 10.4 Å². The first-order valence-corrected chi connectivity index (χ1v) is 9.37. The van der Waals surface area contributed by atoms with Gasteiger partial charge in [-0.2, -0.15) is 13.2 Å². The highest BCUT2D eigenvalue weighted by molar-refractivity contribution is 6.31. The Balaban J connectivity index is 1.96. The lowest BCUT2D eigenvalue weighted by Gasteiger charge is -2.29. The van der Waals surface area contributed by atoms with Crippen molar-refractivity contribution in [3.8, 4) is 0 Å². The first-order valence-electron chi connectivity index (χ1n) is 8.99. The Morgan fingerprint density at radius 1 is 1.00 bits per heavy atom. The summed E-state index contributed by atoms with van der Waals surface area (Å²) in [6, 6.07) is 10.6. The molecule has 6 heteroatoms. The van der Waals surface area contributed by atoms with Crippen molar-refractivity contribution in [3.63, 3.8) is 0 Å². The lowest BCUT2D eigenvalue weighted by Crippen LogP contribution is -2.38. The largest absolute Gasteiger partial charge is 0.416 e. The summed E-state index contributed by atoms with van der Waals surface area (Å²) in [5.74, 6) is 0. The van der Waals surface area contributed by atoms with E-state index in [0.29, 0.717) is 26.7 Å². The zero-order chi connectivity index (χ0) is 19.2. The molecule has 2 N–H and O–H groups in total. The molecule has 3 aromatic rings. The summed E-state index contributed by atoms with van der Waals surface area (Å²) in [7, 11) is 0. The molecular formula is C21H19ClF3NO. The molecule has 142 valence electrons. The number of hydrogen-bond donors (Lipinski definition) is 2. The number of aliphatic hydroxyl groups excluding tert-OH is 1. The van der Waals surface area contributed by atoms with Crippen molar-refractivity contribution >= 4 is 33.1 Å². The van der Waals surface area contributed by atoms with Crippen molar-refractivity contribution in [2.45, 2.75) is 37.6 Å². The van der Waals surface area contributed by atoms with Gasteiger partial charge in [0.15, 0.2) is 0 Å². The second kappa shape index (κ2) is 6.97. The summed E-state index contributed by atoms with van der Waals surface area (Å²) in [6.07, 6.45) is -2.31. The van der Waals surface area contributed by atoms with Gasteiger partial charge in [0.25, 0.3) is 0 Å². The molecule has 2 atom stereocenters. The average Bonchev–Trinajstić information content (AvgIpc) is 2.66. The second-order valence-corrected chi connectivity index (χ2v) is 7.53. The summed E-state index contributed by atoms with van der Waals surface area (Å²) in [6.45, 7) is 0.831. The van der Waals surface area contributed by atoms with Crippen LogP contribution in [0, 0.1) is 0 Å². The average molecular weight is 394 g/mol. The van der Waals surface area contributed by atoms with Crippen LogP contribution in [0.5, 0.6) is 0 Å². The molecule has 1 aliphatic heterocycles. The van der Waals surface area contributed by atoms with Gasteiger partial charge in [-0.05, 0) is 76.8 Å². The van der Waals surface area contributed by atoms with Crippen LogP contribution in [-0.2, 0) is 6.18 Å². The molecule has 27 heavy (non-hydrogen) atoms. The van der Waals surface area contributed by atoms with Crippen LogP contribution < -0.4 is 5.32 Å². The van der Waals surface area contributed by atoms with Gasteiger partial charge in [0, 0.05) is 11.1 Å². The summed E-state index contributed by atoms with van der Waals surface area (Å²) >= 11 is 6.10. The number of piperidine rings is 1. The van der Waals surface area contributed by atoms with Crippen molar-refractivity contribution in [3.05, 3.63) is 58.6 Å². The van der Waals surface area contributed by atoms with Crippen LogP contribution in [0.3, 0.4) is 0 Å². The highest BCUT2D eigenvalue weighted by Gasteiger charge is 2.31. The fraction of sp³-hybridized carbons (Fsp3) is 0.333. The van der Waals surface area contributed by atoms with Gasteiger partial charge in [0.2, 0.25) is 0 Å². The predicted molar refractivity (Wildman–Crippen MR) is 102 cm³/mol. The Morgan fingerprint density at radius 2 is 1.78 bits per heavy atom. The van der Waals surface area contributed by atoms with Gasteiger partial charge in [-0.3, -0.25) is 0 Å². The molecule has 1 fully saturated rings. The van der Waals surface area contributed by atoms with E-state index in [1.165, 1.54) is 6.07 Å². The number of nitrogens with one attached hydrogen (secondary N) is 1. The maximum atomic E-state index is 13.2. The monoisotopic (exact) mass is 393 g/mol. The molecule has 1 heterocycles. The van der Waals surface area contributed by atoms with E-state index in [9.17, 15) is 18.3 Å². The van der Waals surface area contributed by atoms with Crippen molar-refractivity contribution < 1.29 is 18.3 Å². The predicted octanol–water partition coefficient (Wildman–Crippen LogP) is 5.84. The van der Waals surface area contributed by atoms with Crippen LogP contribution >= 0.6 is 11.6 Å². The molecule has 0 spiro atoms. The topological polar surface area (TPSA) is 32.3 Å². The molecule has 0 bridgehead atoms. The van der Waals surface area contributed by atoms with Crippen LogP contribution in [0.1, 0.15) is 36.5 Å². The third-order valence-corrected chi connectivity index (χ3v) is 5.56. The van der Waals surface area contributed by atoms with Crippen molar-refractivity contribution in [1.82, 2.24) is 5.32 Å². The molecule has 0 unspecified atom stereocenters. The Morgan fingerprint density at radius 3 is 2.48 bits per heavy atom. The van der Waals surface area contributed by atoms with Crippen molar-refractivity contribution in [2.75, 3.05) is 6.54 Å². The van der Waals surface area contributed by atoms with Gasteiger partial charge >= 0.3 is 6.18 Å². The quantitative estimate of drug-likeness (QED) is 0.536. The van der Waals surface area contributed by atoms with Gasteiger partial charge in [-0.25, -0.2) is 0 Å². The molecule has 0 radical (unpaired) electrons. The lowest BCUT2D eigenvalue weighted by atomic mass is 9.88. The van der Waals surface area contributed by atoms with E-state index < -0.39 is 17.8 Å². The van der Waals surface area contributed by atoms with Gasteiger partial charge in [0.05, 0.1) is 11.7 Å². The lowest BCUT2D eigenvalue weighted by molar-refractivity contribution is -0.137. The van der Waals surface area contributed by atoms with E-state index in [-0.39, 0.29) is 6.04 Å². The standard InChI is InChI=1S/C21H19ClF3NO/c22-14-5-7-15-12(9-14)10-18(20(27)19-3-1-2-8-26-19)16-6-4-13(11-17(15)16)21(23,24)25/h4-7,9-11,19-20,26-27H,1-3,8H2/t19-,20-/m1/s1. The molecule has 0 amide bonds. The number of fused-ring (bicyclic) bond motifs is 3. The highest BCUT2D eigenvalue weighted by Crippen LogP contribution is 2.38. The van der Waals surface area contributed by atoms with Gasteiger partial charge in [-0.1, -0.05) is 30.2 Å². The zero-order valence-corrected chi connectivity index (χ0v) is 15.2. The van der Waals surface area contributed by atoms with E-state index in [2.05, 4.69) is 5.32 Å². The van der Waals surface area contributed by atoms with E-state index in [1.807, 2.05) is 6.07 Å². The molecule has 0 aromatic heterocycles. The number of benzene rings is 3. The minimum atomic E-state index is -4.42. The summed E-state index contributed by atoms with van der Waals surface area (Å²) in [4.78, 5) is 0. The number of halogens is 4. The molecule has 1 saturated heterocycles. The van der Waals surface area contributed by atoms with Crippen molar-refractivity contribution in [2.24, 2.45) is 0 Å². The molecule has 3 aromatic carbocycles. The number of hydrogen-bond acceptors (Lipinski definition) is 2.